The zero-order chi connectivity index (χ0) is 19.4. The minimum absolute atomic E-state index is 0.0883. The van der Waals surface area contributed by atoms with Crippen molar-refractivity contribution in [3.63, 3.8) is 0 Å². The molecule has 0 bridgehead atoms. The maximum absolute atomic E-state index is 12.3. The Hall–Kier alpha value is -2.67. The molecule has 0 saturated carbocycles. The van der Waals surface area contributed by atoms with E-state index in [0.717, 1.165) is 16.9 Å². The van der Waals surface area contributed by atoms with Gasteiger partial charge in [-0.3, -0.25) is 4.79 Å². The number of carbonyl (C=O) groups is 1. The van der Waals surface area contributed by atoms with Crippen LogP contribution in [0.2, 0.25) is 0 Å². The van der Waals surface area contributed by atoms with Gasteiger partial charge in [0, 0.05) is 5.69 Å². The molecule has 3 rings (SSSR count). The maximum Gasteiger partial charge on any atom is 0.234 e. The molecule has 0 aliphatic rings. The summed E-state index contributed by atoms with van der Waals surface area (Å²) < 4.78 is 1.66. The number of para-hydroxylation sites is 1. The van der Waals surface area contributed by atoms with E-state index < -0.39 is 0 Å². The summed E-state index contributed by atoms with van der Waals surface area (Å²) in [5, 5.41) is 15.3. The Morgan fingerprint density at radius 2 is 1.81 bits per heavy atom. The Balaban J connectivity index is 1.62. The molecule has 0 aliphatic carbocycles. The number of rotatable bonds is 5. The molecule has 1 amide bonds. The Morgan fingerprint density at radius 3 is 2.48 bits per heavy atom. The number of thioether (sulfide) groups is 1. The van der Waals surface area contributed by atoms with Crippen LogP contribution in [-0.2, 0) is 10.2 Å². The molecule has 0 fully saturated rings. The van der Waals surface area contributed by atoms with Crippen molar-refractivity contribution in [1.29, 1.82) is 0 Å². The monoisotopic (exact) mass is 381 g/mol. The van der Waals surface area contributed by atoms with Gasteiger partial charge in [-0.05, 0) is 52.1 Å². The third kappa shape index (κ3) is 4.74. The van der Waals surface area contributed by atoms with Crippen LogP contribution in [0.3, 0.4) is 0 Å². The fraction of sp³-hybridized carbons (Fsp3) is 0.300. The highest BCUT2D eigenvalue weighted by atomic mass is 32.2. The van der Waals surface area contributed by atoms with Crippen LogP contribution >= 0.6 is 11.8 Å². The summed E-state index contributed by atoms with van der Waals surface area (Å²) >= 11 is 1.31. The van der Waals surface area contributed by atoms with Gasteiger partial charge in [0.2, 0.25) is 11.1 Å². The van der Waals surface area contributed by atoms with Gasteiger partial charge in [0.1, 0.15) is 0 Å². The van der Waals surface area contributed by atoms with Gasteiger partial charge in [-0.25, -0.2) is 0 Å². The molecule has 140 valence electrons. The summed E-state index contributed by atoms with van der Waals surface area (Å²) in [6.45, 7) is 8.49. The third-order valence-electron chi connectivity index (χ3n) is 4.15. The second-order valence-corrected chi connectivity index (χ2v) is 8.27. The van der Waals surface area contributed by atoms with Crippen LogP contribution in [0.4, 0.5) is 5.69 Å². The smallest absolute Gasteiger partial charge is 0.234 e. The topological polar surface area (TPSA) is 72.7 Å². The van der Waals surface area contributed by atoms with Gasteiger partial charge in [0.25, 0.3) is 0 Å². The number of tetrazole rings is 1. The standard InChI is InChI=1S/C20H23N5OS/c1-14-7-5-6-8-17(14)25-19(22-23-24-25)27-13-18(26)21-16-11-9-15(10-12-16)20(2,3)4/h5-12H,13H2,1-4H3,(H,21,26). The number of aromatic nitrogens is 4. The van der Waals surface area contributed by atoms with Crippen molar-refractivity contribution in [2.24, 2.45) is 0 Å². The summed E-state index contributed by atoms with van der Waals surface area (Å²) in [7, 11) is 0. The largest absolute Gasteiger partial charge is 0.325 e. The fourth-order valence-corrected chi connectivity index (χ4v) is 3.29. The Labute approximate surface area is 163 Å². The minimum Gasteiger partial charge on any atom is -0.325 e. The fourth-order valence-electron chi connectivity index (χ4n) is 2.60. The van der Waals surface area contributed by atoms with E-state index in [2.05, 4.69) is 41.6 Å². The van der Waals surface area contributed by atoms with Crippen molar-refractivity contribution in [2.45, 2.75) is 38.3 Å². The molecule has 0 saturated heterocycles. The van der Waals surface area contributed by atoms with Crippen LogP contribution in [0.1, 0.15) is 31.9 Å². The predicted octanol–water partition coefficient (Wildman–Crippen LogP) is 4.00. The predicted molar refractivity (Wildman–Crippen MR) is 108 cm³/mol. The van der Waals surface area contributed by atoms with Gasteiger partial charge < -0.3 is 5.32 Å². The Kier molecular flexibility index (Phi) is 5.60. The van der Waals surface area contributed by atoms with Crippen molar-refractivity contribution in [3.8, 4) is 5.69 Å². The molecule has 7 heteroatoms. The highest BCUT2D eigenvalue weighted by Gasteiger charge is 2.15. The quantitative estimate of drug-likeness (QED) is 0.676. The molecular weight excluding hydrogens is 358 g/mol. The van der Waals surface area contributed by atoms with Gasteiger partial charge in [-0.15, -0.1) is 5.10 Å². The number of hydrogen-bond donors (Lipinski definition) is 1. The molecule has 0 atom stereocenters. The van der Waals surface area contributed by atoms with Gasteiger partial charge in [0.15, 0.2) is 0 Å². The van der Waals surface area contributed by atoms with Crippen molar-refractivity contribution in [3.05, 3.63) is 59.7 Å². The van der Waals surface area contributed by atoms with Crippen LogP contribution in [0, 0.1) is 6.92 Å². The first-order chi connectivity index (χ1) is 12.8. The number of nitrogens with one attached hydrogen (secondary N) is 1. The third-order valence-corrected chi connectivity index (χ3v) is 5.07. The van der Waals surface area contributed by atoms with Crippen molar-refractivity contribution < 1.29 is 4.79 Å². The second kappa shape index (κ2) is 7.92. The average molecular weight is 382 g/mol. The van der Waals surface area contributed by atoms with Crippen LogP contribution < -0.4 is 5.32 Å². The Bertz CT molecular complexity index is 928. The van der Waals surface area contributed by atoms with E-state index >= 15 is 0 Å². The number of benzene rings is 2. The molecule has 3 aromatic rings. The first-order valence-electron chi connectivity index (χ1n) is 8.72. The molecule has 1 heterocycles. The number of nitrogens with zero attached hydrogens (tertiary/aromatic N) is 4. The van der Waals surface area contributed by atoms with E-state index in [-0.39, 0.29) is 17.1 Å². The first-order valence-corrected chi connectivity index (χ1v) is 9.71. The van der Waals surface area contributed by atoms with Crippen molar-refractivity contribution in [1.82, 2.24) is 20.2 Å². The van der Waals surface area contributed by atoms with E-state index in [1.165, 1.54) is 17.3 Å². The summed E-state index contributed by atoms with van der Waals surface area (Å²) in [5.74, 6) is 0.135. The lowest BCUT2D eigenvalue weighted by Crippen LogP contribution is -2.15. The van der Waals surface area contributed by atoms with Gasteiger partial charge in [-0.2, -0.15) is 4.68 Å². The van der Waals surface area contributed by atoms with E-state index in [1.807, 2.05) is 55.5 Å². The van der Waals surface area contributed by atoms with Crippen molar-refractivity contribution >= 4 is 23.4 Å². The van der Waals surface area contributed by atoms with Crippen molar-refractivity contribution in [2.75, 3.05) is 11.1 Å². The lowest BCUT2D eigenvalue weighted by Gasteiger charge is -2.19. The van der Waals surface area contributed by atoms with Gasteiger partial charge in [0.05, 0.1) is 11.4 Å². The van der Waals surface area contributed by atoms with Crippen LogP contribution in [0.25, 0.3) is 5.69 Å². The molecule has 27 heavy (non-hydrogen) atoms. The summed E-state index contributed by atoms with van der Waals surface area (Å²) in [5.41, 5.74) is 4.07. The molecule has 0 spiro atoms. The molecule has 1 aromatic heterocycles. The highest BCUT2D eigenvalue weighted by Crippen LogP contribution is 2.24. The number of hydrogen-bond acceptors (Lipinski definition) is 5. The van der Waals surface area contributed by atoms with Crippen LogP contribution in [0.15, 0.2) is 53.7 Å². The molecule has 1 N–H and O–H groups in total. The normalized spacial score (nSPS) is 11.4. The van der Waals surface area contributed by atoms with E-state index in [1.54, 1.807) is 4.68 Å². The number of anilines is 1. The molecule has 6 nitrogen and oxygen atoms in total. The van der Waals surface area contributed by atoms with Gasteiger partial charge in [-0.1, -0.05) is 62.9 Å². The summed E-state index contributed by atoms with van der Waals surface area (Å²) in [6.07, 6.45) is 0. The number of carbonyl (C=O) groups excluding carboxylic acids is 1. The van der Waals surface area contributed by atoms with E-state index in [4.69, 9.17) is 0 Å². The van der Waals surface area contributed by atoms with E-state index in [9.17, 15) is 4.79 Å². The SMILES string of the molecule is Cc1ccccc1-n1nnnc1SCC(=O)Nc1ccc(C(C)(C)C)cc1. The minimum atomic E-state index is -0.0946. The van der Waals surface area contributed by atoms with E-state index in [0.29, 0.717) is 5.16 Å². The first kappa shape index (κ1) is 19.1. The highest BCUT2D eigenvalue weighted by molar-refractivity contribution is 7.99. The number of amides is 1. The zero-order valence-electron chi connectivity index (χ0n) is 15.9. The molecule has 2 aromatic carbocycles. The molecule has 0 radical (unpaired) electrons. The van der Waals surface area contributed by atoms with Crippen LogP contribution in [-0.4, -0.2) is 31.9 Å². The molecular formula is C20H23N5OS. The second-order valence-electron chi connectivity index (χ2n) is 7.32. The summed E-state index contributed by atoms with van der Waals surface area (Å²) in [4.78, 5) is 12.3. The summed E-state index contributed by atoms with van der Waals surface area (Å²) in [6, 6.07) is 15.8. The molecule has 0 unspecified atom stereocenters. The van der Waals surface area contributed by atoms with Gasteiger partial charge >= 0.3 is 0 Å². The maximum atomic E-state index is 12.3. The van der Waals surface area contributed by atoms with Crippen LogP contribution in [0.5, 0.6) is 0 Å². The average Bonchev–Trinajstić information content (AvgIpc) is 3.08. The lowest BCUT2D eigenvalue weighted by molar-refractivity contribution is -0.113. The molecule has 0 aliphatic heterocycles. The Morgan fingerprint density at radius 1 is 1.11 bits per heavy atom. The number of aryl methyl sites for hydroxylation is 1. The lowest BCUT2D eigenvalue weighted by atomic mass is 9.87. The zero-order valence-corrected chi connectivity index (χ0v) is 16.7.